The molecule has 1 aromatic heterocycles. The predicted octanol–water partition coefficient (Wildman–Crippen LogP) is 5.42. The number of aromatic nitrogens is 1. The van der Waals surface area contributed by atoms with Crippen molar-refractivity contribution >= 4 is 40.6 Å². The molecule has 7 rings (SSSR count). The SMILES string of the molecule is COc1ccc(N2C(=O)[C@@H]3[C@H]4C[C@@H]([C@@H]5Sc6[nH]c(=O)sc6[C@H](c6ccc(C(C)(C)C)cc6)[C@@H]45)[C@H]3C2=O)cc1. The van der Waals surface area contributed by atoms with Gasteiger partial charge in [-0.05, 0) is 65.0 Å². The molecule has 1 N–H and O–H groups in total. The Morgan fingerprint density at radius 3 is 2.21 bits per heavy atom. The normalized spacial score (nSPS) is 31.4. The molecule has 7 atom stereocenters. The summed E-state index contributed by atoms with van der Waals surface area (Å²) in [5, 5.41) is 1.14. The zero-order chi connectivity index (χ0) is 26.5. The Hall–Kier alpha value is -2.84. The summed E-state index contributed by atoms with van der Waals surface area (Å²) in [6, 6.07) is 16.0. The van der Waals surface area contributed by atoms with Crippen LogP contribution in [0.3, 0.4) is 0 Å². The first kappa shape index (κ1) is 24.2. The fraction of sp³-hybridized carbons (Fsp3) is 0.433. The Labute approximate surface area is 229 Å². The lowest BCUT2D eigenvalue weighted by Crippen LogP contribution is -2.42. The monoisotopic (exact) mass is 546 g/mol. The lowest BCUT2D eigenvalue weighted by molar-refractivity contribution is -0.123. The second kappa shape index (κ2) is 8.33. The van der Waals surface area contributed by atoms with Crippen LogP contribution in [0.25, 0.3) is 0 Å². The van der Waals surface area contributed by atoms with Crippen molar-refractivity contribution in [3.8, 4) is 5.75 Å². The van der Waals surface area contributed by atoms with Crippen LogP contribution in [0.1, 0.15) is 49.1 Å². The van der Waals surface area contributed by atoms with Gasteiger partial charge in [0.1, 0.15) is 5.75 Å². The highest BCUT2D eigenvalue weighted by Crippen LogP contribution is 2.68. The van der Waals surface area contributed by atoms with Crippen molar-refractivity contribution in [3.05, 3.63) is 74.2 Å². The molecule has 0 spiro atoms. The average Bonchev–Trinajstić information content (AvgIpc) is 3.62. The first-order chi connectivity index (χ1) is 18.2. The summed E-state index contributed by atoms with van der Waals surface area (Å²) in [5.74, 6) is 0.428. The maximum Gasteiger partial charge on any atom is 0.305 e. The van der Waals surface area contributed by atoms with Crippen LogP contribution in [-0.2, 0) is 15.0 Å². The molecule has 4 aliphatic rings. The third-order valence-electron chi connectivity index (χ3n) is 9.19. The van der Waals surface area contributed by atoms with Gasteiger partial charge < -0.3 is 9.72 Å². The minimum atomic E-state index is -0.301. The number of aromatic amines is 1. The molecule has 2 amide bonds. The number of nitrogens with zero attached hydrogens (tertiary/aromatic N) is 1. The number of hydrogen-bond acceptors (Lipinski definition) is 6. The van der Waals surface area contributed by atoms with Crippen molar-refractivity contribution < 1.29 is 14.3 Å². The van der Waals surface area contributed by atoms with Crippen molar-refractivity contribution in [3.63, 3.8) is 0 Å². The van der Waals surface area contributed by atoms with Gasteiger partial charge in [-0.3, -0.25) is 19.3 Å². The van der Waals surface area contributed by atoms with Crippen LogP contribution in [0.5, 0.6) is 5.75 Å². The number of amides is 2. The second-order valence-corrected chi connectivity index (χ2v) is 14.2. The van der Waals surface area contributed by atoms with Crippen LogP contribution in [0.4, 0.5) is 5.69 Å². The van der Waals surface area contributed by atoms with E-state index in [1.165, 1.54) is 27.4 Å². The van der Waals surface area contributed by atoms with Crippen molar-refractivity contribution in [1.29, 1.82) is 0 Å². The van der Waals surface area contributed by atoms with E-state index in [0.717, 1.165) is 16.3 Å². The summed E-state index contributed by atoms with van der Waals surface area (Å²) in [7, 11) is 1.60. The van der Waals surface area contributed by atoms with Gasteiger partial charge in [0.25, 0.3) is 0 Å². The van der Waals surface area contributed by atoms with E-state index in [1.807, 2.05) is 0 Å². The molecule has 1 saturated heterocycles. The number of anilines is 1. The Bertz CT molecular complexity index is 1500. The molecule has 6 nitrogen and oxygen atoms in total. The third-order valence-corrected chi connectivity index (χ3v) is 11.8. The van der Waals surface area contributed by atoms with Gasteiger partial charge in [0, 0.05) is 16.0 Å². The molecule has 196 valence electrons. The van der Waals surface area contributed by atoms with E-state index in [4.69, 9.17) is 4.74 Å². The Balaban J connectivity index is 1.29. The molecule has 3 heterocycles. The molecule has 2 bridgehead atoms. The minimum absolute atomic E-state index is 0.0378. The van der Waals surface area contributed by atoms with Crippen LogP contribution in [0, 0.1) is 29.6 Å². The molecule has 3 aromatic rings. The number of thiazole rings is 1. The van der Waals surface area contributed by atoms with E-state index in [2.05, 4.69) is 50.0 Å². The summed E-state index contributed by atoms with van der Waals surface area (Å²) in [5.41, 5.74) is 3.13. The summed E-state index contributed by atoms with van der Waals surface area (Å²) < 4.78 is 5.26. The van der Waals surface area contributed by atoms with Crippen molar-refractivity contribution in [2.45, 2.75) is 48.8 Å². The molecule has 2 aliphatic heterocycles. The molecule has 2 aliphatic carbocycles. The fourth-order valence-corrected chi connectivity index (χ4v) is 10.5. The van der Waals surface area contributed by atoms with Crippen molar-refractivity contribution in [2.75, 3.05) is 12.0 Å². The van der Waals surface area contributed by atoms with Crippen molar-refractivity contribution in [2.24, 2.45) is 29.6 Å². The van der Waals surface area contributed by atoms with Gasteiger partial charge in [-0.15, -0.1) is 11.8 Å². The maximum atomic E-state index is 13.9. The van der Waals surface area contributed by atoms with E-state index < -0.39 is 0 Å². The smallest absolute Gasteiger partial charge is 0.305 e. The second-order valence-electron chi connectivity index (χ2n) is 12.0. The minimum Gasteiger partial charge on any atom is -0.497 e. The summed E-state index contributed by atoms with van der Waals surface area (Å²) in [6.07, 6.45) is 0.890. The molecule has 2 aromatic carbocycles. The van der Waals surface area contributed by atoms with Crippen LogP contribution < -0.4 is 14.5 Å². The number of imide groups is 1. The quantitative estimate of drug-likeness (QED) is 0.444. The molecule has 0 radical (unpaired) electrons. The summed E-state index contributed by atoms with van der Waals surface area (Å²) >= 11 is 3.03. The predicted molar refractivity (Wildman–Crippen MR) is 149 cm³/mol. The highest BCUT2D eigenvalue weighted by Gasteiger charge is 2.69. The first-order valence-electron chi connectivity index (χ1n) is 13.2. The lowest BCUT2D eigenvalue weighted by Gasteiger charge is -2.43. The van der Waals surface area contributed by atoms with Crippen LogP contribution >= 0.6 is 23.1 Å². The van der Waals surface area contributed by atoms with E-state index in [1.54, 1.807) is 43.1 Å². The number of H-pyrrole nitrogens is 1. The Morgan fingerprint density at radius 1 is 0.921 bits per heavy atom. The number of fused-ring (bicyclic) bond motifs is 9. The van der Waals surface area contributed by atoms with Gasteiger partial charge in [0.05, 0.1) is 29.7 Å². The van der Waals surface area contributed by atoms with Crippen LogP contribution in [-0.4, -0.2) is 29.2 Å². The zero-order valence-electron chi connectivity index (χ0n) is 21.8. The van der Waals surface area contributed by atoms with E-state index in [-0.39, 0.29) is 62.9 Å². The van der Waals surface area contributed by atoms with Crippen LogP contribution in [0.15, 0.2) is 58.4 Å². The number of carbonyl (C=O) groups is 2. The number of rotatable bonds is 3. The van der Waals surface area contributed by atoms with Gasteiger partial charge in [-0.25, -0.2) is 0 Å². The van der Waals surface area contributed by atoms with E-state index in [9.17, 15) is 14.4 Å². The Kier molecular flexibility index (Phi) is 5.31. The van der Waals surface area contributed by atoms with Gasteiger partial charge >= 0.3 is 4.87 Å². The van der Waals surface area contributed by atoms with Gasteiger partial charge in [-0.1, -0.05) is 56.4 Å². The van der Waals surface area contributed by atoms with Crippen molar-refractivity contribution in [1.82, 2.24) is 4.98 Å². The average molecular weight is 547 g/mol. The van der Waals surface area contributed by atoms with Gasteiger partial charge in [0.2, 0.25) is 11.8 Å². The number of ether oxygens (including phenoxy) is 1. The lowest BCUT2D eigenvalue weighted by atomic mass is 9.68. The largest absolute Gasteiger partial charge is 0.497 e. The summed E-state index contributed by atoms with van der Waals surface area (Å²) in [4.78, 5) is 45.7. The maximum absolute atomic E-state index is 13.9. The molecule has 0 unspecified atom stereocenters. The first-order valence-corrected chi connectivity index (χ1v) is 14.9. The molecular weight excluding hydrogens is 516 g/mol. The van der Waals surface area contributed by atoms with E-state index in [0.29, 0.717) is 11.4 Å². The highest BCUT2D eigenvalue weighted by atomic mass is 32.2. The molecule has 8 heteroatoms. The molecule has 2 saturated carbocycles. The van der Waals surface area contributed by atoms with Crippen LogP contribution in [0.2, 0.25) is 0 Å². The Morgan fingerprint density at radius 2 is 1.58 bits per heavy atom. The number of carbonyl (C=O) groups excluding carboxylic acids is 2. The zero-order valence-corrected chi connectivity index (χ0v) is 23.4. The van der Waals surface area contributed by atoms with E-state index >= 15 is 0 Å². The number of nitrogens with one attached hydrogen (secondary N) is 1. The standard InChI is InChI=1S/C30H30N2O4S2/c1-30(2,3)15-7-5-14(6-8-15)20-21-18-13-19(24(21)37-26-25(20)38-29(35)31-26)23-22(18)27(33)32(28(23)34)16-9-11-17(36-4)12-10-16/h5-12,18-24H,13H2,1-4H3,(H,31,35)/t18-,19+,20+,21+,22+,23+,24-/m0/s1. The fourth-order valence-electron chi connectivity index (χ4n) is 7.57. The highest BCUT2D eigenvalue weighted by molar-refractivity contribution is 8.00. The number of thioether (sulfide) groups is 1. The molecule has 38 heavy (non-hydrogen) atoms. The number of hydrogen-bond donors (Lipinski definition) is 1. The number of benzene rings is 2. The van der Waals surface area contributed by atoms with Gasteiger partial charge in [0.15, 0.2) is 0 Å². The topological polar surface area (TPSA) is 79.5 Å². The summed E-state index contributed by atoms with van der Waals surface area (Å²) in [6.45, 7) is 6.62. The molecule has 3 fully saturated rings. The van der Waals surface area contributed by atoms with Gasteiger partial charge in [-0.2, -0.15) is 0 Å². The number of methoxy groups -OCH3 is 1. The molecular formula is C30H30N2O4S2. The third kappa shape index (κ3) is 3.35.